The van der Waals surface area contributed by atoms with E-state index in [0.29, 0.717) is 13.0 Å². The molecule has 0 saturated heterocycles. The molecule has 0 fully saturated rings. The van der Waals surface area contributed by atoms with Crippen molar-refractivity contribution in [1.29, 1.82) is 0 Å². The third kappa shape index (κ3) is 5.23. The lowest BCUT2D eigenvalue weighted by molar-refractivity contribution is -0.129. The highest BCUT2D eigenvalue weighted by atomic mass is 16.3. The quantitative estimate of drug-likeness (QED) is 0.402. The standard InChI is InChI=1S/C29H33N3O3/c1-17-14-20(33)15-18(2)26(17)16-27(30)29(35)32-19(3)28(34)31-13-12-25-23-10-6-4-8-21(23)22-9-5-7-11-24(22)25/h4-11,14-15,19,25,27,33H,12-13,16,30H2,1-3H3,(H,31,34)(H,32,35)/t19-,27-/m1/s1. The van der Waals surface area contributed by atoms with Gasteiger partial charge in [0.1, 0.15) is 11.8 Å². The summed E-state index contributed by atoms with van der Waals surface area (Å²) < 4.78 is 0. The molecule has 1 aliphatic rings. The highest BCUT2D eigenvalue weighted by molar-refractivity contribution is 5.89. The van der Waals surface area contributed by atoms with Crippen LogP contribution < -0.4 is 16.4 Å². The zero-order valence-electron chi connectivity index (χ0n) is 20.5. The number of nitrogens with one attached hydrogen (secondary N) is 2. The predicted octanol–water partition coefficient (Wildman–Crippen LogP) is 3.70. The normalized spacial score (nSPS) is 14.1. The Hall–Kier alpha value is -3.64. The Balaban J connectivity index is 1.30. The summed E-state index contributed by atoms with van der Waals surface area (Å²) in [5, 5.41) is 15.4. The van der Waals surface area contributed by atoms with E-state index in [0.717, 1.165) is 23.1 Å². The highest BCUT2D eigenvalue weighted by Gasteiger charge is 2.28. The Morgan fingerprint density at radius 3 is 2.06 bits per heavy atom. The third-order valence-corrected chi connectivity index (χ3v) is 6.89. The van der Waals surface area contributed by atoms with Crippen molar-refractivity contribution in [2.45, 2.75) is 51.6 Å². The molecule has 182 valence electrons. The molecule has 4 rings (SSSR count). The molecule has 6 nitrogen and oxygen atoms in total. The van der Waals surface area contributed by atoms with E-state index < -0.39 is 12.1 Å². The molecule has 0 heterocycles. The van der Waals surface area contributed by atoms with E-state index in [1.54, 1.807) is 19.1 Å². The number of amides is 2. The molecule has 3 aromatic rings. The number of rotatable bonds is 8. The Labute approximate surface area is 206 Å². The highest BCUT2D eigenvalue weighted by Crippen LogP contribution is 2.45. The Kier molecular flexibility index (Phi) is 7.22. The van der Waals surface area contributed by atoms with E-state index in [9.17, 15) is 14.7 Å². The van der Waals surface area contributed by atoms with Crippen LogP contribution in [-0.2, 0) is 16.0 Å². The van der Waals surface area contributed by atoms with Crippen molar-refractivity contribution in [3.8, 4) is 16.9 Å². The van der Waals surface area contributed by atoms with Crippen LogP contribution in [0.4, 0.5) is 0 Å². The average Bonchev–Trinajstić information content (AvgIpc) is 3.15. The molecule has 35 heavy (non-hydrogen) atoms. The van der Waals surface area contributed by atoms with Crippen LogP contribution in [0.15, 0.2) is 60.7 Å². The second kappa shape index (κ2) is 10.3. The molecule has 5 N–H and O–H groups in total. The van der Waals surface area contributed by atoms with Gasteiger partial charge in [0.05, 0.1) is 6.04 Å². The summed E-state index contributed by atoms with van der Waals surface area (Å²) in [5.41, 5.74) is 13.9. The molecule has 0 bridgehead atoms. The van der Waals surface area contributed by atoms with Crippen LogP contribution in [0.5, 0.6) is 5.75 Å². The number of benzene rings is 3. The fourth-order valence-electron chi connectivity index (χ4n) is 5.05. The summed E-state index contributed by atoms with van der Waals surface area (Å²) in [6.07, 6.45) is 1.11. The largest absolute Gasteiger partial charge is 0.508 e. The minimum absolute atomic E-state index is 0.191. The van der Waals surface area contributed by atoms with Crippen LogP contribution in [0.2, 0.25) is 0 Å². The molecule has 0 unspecified atom stereocenters. The monoisotopic (exact) mass is 471 g/mol. The first-order valence-corrected chi connectivity index (χ1v) is 12.1. The number of fused-ring (bicyclic) bond motifs is 3. The van der Waals surface area contributed by atoms with Crippen LogP contribution >= 0.6 is 0 Å². The molecule has 3 aromatic carbocycles. The van der Waals surface area contributed by atoms with Gasteiger partial charge in [-0.25, -0.2) is 0 Å². The van der Waals surface area contributed by atoms with Crippen molar-refractivity contribution >= 4 is 11.8 Å². The second-order valence-corrected chi connectivity index (χ2v) is 9.41. The minimum atomic E-state index is -0.793. The number of phenolic OH excluding ortho intramolecular Hbond substituents is 1. The molecule has 0 aromatic heterocycles. The molecule has 0 spiro atoms. The Bertz CT molecular complexity index is 1180. The van der Waals surface area contributed by atoms with Crippen molar-refractivity contribution in [3.63, 3.8) is 0 Å². The van der Waals surface area contributed by atoms with Gasteiger partial charge in [0.2, 0.25) is 11.8 Å². The molecular formula is C29H33N3O3. The van der Waals surface area contributed by atoms with Crippen molar-refractivity contribution in [2.75, 3.05) is 6.54 Å². The number of hydrogen-bond acceptors (Lipinski definition) is 4. The summed E-state index contributed by atoms with van der Waals surface area (Å²) in [6, 6.07) is 18.7. The maximum Gasteiger partial charge on any atom is 0.242 e. The van der Waals surface area contributed by atoms with Crippen LogP contribution in [0.25, 0.3) is 11.1 Å². The van der Waals surface area contributed by atoms with Gasteiger partial charge in [0, 0.05) is 12.5 Å². The lowest BCUT2D eigenvalue weighted by atomic mass is 9.93. The zero-order valence-corrected chi connectivity index (χ0v) is 20.5. The summed E-state index contributed by atoms with van der Waals surface area (Å²) in [7, 11) is 0. The van der Waals surface area contributed by atoms with Gasteiger partial charge in [-0.3, -0.25) is 9.59 Å². The third-order valence-electron chi connectivity index (χ3n) is 6.89. The summed E-state index contributed by atoms with van der Waals surface area (Å²) in [5.74, 6) is -0.185. The van der Waals surface area contributed by atoms with Crippen LogP contribution in [0.1, 0.15) is 47.1 Å². The van der Waals surface area contributed by atoms with Gasteiger partial charge in [0.15, 0.2) is 0 Å². The summed E-state index contributed by atoms with van der Waals surface area (Å²) >= 11 is 0. The molecule has 2 amide bonds. The van der Waals surface area contributed by atoms with Gasteiger partial charge in [0.25, 0.3) is 0 Å². The number of aryl methyl sites for hydroxylation is 2. The zero-order chi connectivity index (χ0) is 25.1. The fraction of sp³-hybridized carbons (Fsp3) is 0.310. The van der Waals surface area contributed by atoms with Crippen molar-refractivity contribution in [3.05, 3.63) is 88.5 Å². The van der Waals surface area contributed by atoms with Crippen LogP contribution in [0, 0.1) is 13.8 Å². The first-order valence-electron chi connectivity index (χ1n) is 12.1. The molecular weight excluding hydrogens is 438 g/mol. The SMILES string of the molecule is Cc1cc(O)cc(C)c1C[C@@H](N)C(=O)N[C@H](C)C(=O)NCCC1c2ccccc2-c2ccccc21. The predicted molar refractivity (Wildman–Crippen MR) is 138 cm³/mol. The lowest BCUT2D eigenvalue weighted by Crippen LogP contribution is -2.51. The molecule has 0 aliphatic heterocycles. The van der Waals surface area contributed by atoms with Gasteiger partial charge in [-0.2, -0.15) is 0 Å². The number of phenols is 1. The second-order valence-electron chi connectivity index (χ2n) is 9.41. The van der Waals surface area contributed by atoms with Gasteiger partial charge in [-0.05, 0) is 84.7 Å². The molecule has 6 heteroatoms. The van der Waals surface area contributed by atoms with Gasteiger partial charge < -0.3 is 21.5 Å². The van der Waals surface area contributed by atoms with E-state index in [1.165, 1.54) is 22.3 Å². The van der Waals surface area contributed by atoms with Crippen LogP contribution in [0.3, 0.4) is 0 Å². The molecule has 0 radical (unpaired) electrons. The van der Waals surface area contributed by atoms with E-state index in [2.05, 4.69) is 59.2 Å². The number of carbonyl (C=O) groups is 2. The average molecular weight is 472 g/mol. The first-order chi connectivity index (χ1) is 16.8. The van der Waals surface area contributed by atoms with Gasteiger partial charge in [-0.15, -0.1) is 0 Å². The van der Waals surface area contributed by atoms with Gasteiger partial charge in [-0.1, -0.05) is 48.5 Å². The topological polar surface area (TPSA) is 104 Å². The van der Waals surface area contributed by atoms with Crippen molar-refractivity contribution < 1.29 is 14.7 Å². The maximum atomic E-state index is 12.7. The van der Waals surface area contributed by atoms with Crippen molar-refractivity contribution in [1.82, 2.24) is 10.6 Å². The maximum absolute atomic E-state index is 12.7. The van der Waals surface area contributed by atoms with E-state index in [1.807, 2.05) is 13.8 Å². The minimum Gasteiger partial charge on any atom is -0.508 e. The van der Waals surface area contributed by atoms with Crippen LogP contribution in [-0.4, -0.2) is 35.5 Å². The number of hydrogen-bond donors (Lipinski definition) is 4. The Morgan fingerprint density at radius 2 is 1.49 bits per heavy atom. The van der Waals surface area contributed by atoms with E-state index in [4.69, 9.17) is 5.73 Å². The van der Waals surface area contributed by atoms with Gasteiger partial charge >= 0.3 is 0 Å². The van der Waals surface area contributed by atoms with E-state index >= 15 is 0 Å². The summed E-state index contributed by atoms with van der Waals surface area (Å²) in [4.78, 5) is 25.3. The fourth-order valence-corrected chi connectivity index (χ4v) is 5.05. The smallest absolute Gasteiger partial charge is 0.242 e. The van der Waals surface area contributed by atoms with Crippen molar-refractivity contribution in [2.24, 2.45) is 5.73 Å². The number of carbonyl (C=O) groups excluding carboxylic acids is 2. The van der Waals surface area contributed by atoms with E-state index in [-0.39, 0.29) is 23.5 Å². The Morgan fingerprint density at radius 1 is 0.943 bits per heavy atom. The molecule has 0 saturated carbocycles. The molecule has 1 aliphatic carbocycles. The number of nitrogens with two attached hydrogens (primary N) is 1. The number of aromatic hydroxyl groups is 1. The summed E-state index contributed by atoms with van der Waals surface area (Å²) in [6.45, 7) is 5.93. The first kappa shape index (κ1) is 24.5. The molecule has 2 atom stereocenters. The lowest BCUT2D eigenvalue weighted by Gasteiger charge is -2.20.